The number of anilines is 3. The average Bonchev–Trinajstić information content (AvgIpc) is 3.92. The first-order chi connectivity index (χ1) is 36.6. The molecule has 22 heteroatoms. The Morgan fingerprint density at radius 2 is 1.55 bits per heavy atom. The van der Waals surface area contributed by atoms with E-state index >= 15 is 0 Å². The number of imide groups is 2. The van der Waals surface area contributed by atoms with Gasteiger partial charge in [-0.2, -0.15) is 15.2 Å². The van der Waals surface area contributed by atoms with Crippen LogP contribution in [0.15, 0.2) is 60.7 Å². The molecule has 3 fully saturated rings. The normalized spacial score (nSPS) is 20.9. The van der Waals surface area contributed by atoms with Crippen molar-refractivity contribution in [2.45, 2.75) is 62.9 Å². The smallest absolute Gasteiger partial charge is 0.318 e. The van der Waals surface area contributed by atoms with Gasteiger partial charge in [-0.15, -0.1) is 0 Å². The van der Waals surface area contributed by atoms with E-state index in [9.17, 15) is 29.2 Å². The zero-order valence-corrected chi connectivity index (χ0v) is 42.3. The molecule has 0 aliphatic carbocycles. The van der Waals surface area contributed by atoms with E-state index in [4.69, 9.17) is 44.1 Å². The lowest BCUT2D eigenvalue weighted by Crippen LogP contribution is -2.57. The number of hydrogen-bond donors (Lipinski definition) is 3. The van der Waals surface area contributed by atoms with Crippen molar-refractivity contribution >= 4 is 57.6 Å². The molecule has 0 bridgehead atoms. The predicted molar refractivity (Wildman–Crippen MR) is 274 cm³/mol. The van der Waals surface area contributed by atoms with E-state index in [0.29, 0.717) is 110 Å². The van der Waals surface area contributed by atoms with Gasteiger partial charge in [-0.05, 0) is 49.9 Å². The number of nitriles is 1. The number of carbonyl (C=O) groups is 5. The molecule has 9 rings (SSSR count). The second kappa shape index (κ2) is 25.0. The largest absolute Gasteiger partial charge is 0.462 e. The van der Waals surface area contributed by atoms with Crippen LogP contribution in [-0.2, 0) is 46.2 Å². The van der Waals surface area contributed by atoms with E-state index in [0.717, 1.165) is 53.6 Å². The second-order valence-corrected chi connectivity index (χ2v) is 19.1. The van der Waals surface area contributed by atoms with E-state index < -0.39 is 35.7 Å². The number of benzene rings is 3. The Morgan fingerprint density at radius 3 is 2.31 bits per heavy atom. The molecule has 22 nitrogen and oxygen atoms in total. The number of aromatic nitrogens is 2. The maximum atomic E-state index is 13.3. The van der Waals surface area contributed by atoms with Crippen molar-refractivity contribution in [1.29, 1.82) is 5.26 Å². The molecule has 6 heterocycles. The van der Waals surface area contributed by atoms with Crippen LogP contribution < -0.4 is 30.9 Å². The van der Waals surface area contributed by atoms with Gasteiger partial charge in [0.05, 0.1) is 107 Å². The van der Waals surface area contributed by atoms with Gasteiger partial charge in [-0.25, -0.2) is 4.79 Å². The van der Waals surface area contributed by atoms with Gasteiger partial charge in [0.15, 0.2) is 0 Å². The minimum Gasteiger partial charge on any atom is -0.462 e. The number of nitrogens with two attached hydrogens (primary N) is 1. The molecule has 75 heavy (non-hydrogen) atoms. The summed E-state index contributed by atoms with van der Waals surface area (Å²) >= 11 is 0. The van der Waals surface area contributed by atoms with E-state index in [2.05, 4.69) is 80.9 Å². The van der Waals surface area contributed by atoms with Crippen molar-refractivity contribution in [3.05, 3.63) is 83.0 Å². The topological polar surface area (TPSA) is 257 Å². The summed E-state index contributed by atoms with van der Waals surface area (Å²) < 4.78 is 35.3. The van der Waals surface area contributed by atoms with Gasteiger partial charge < -0.3 is 54.2 Å². The number of ether oxygens (including phenoxy) is 6. The number of nitrogens with one attached hydrogen (secondary N) is 2. The highest BCUT2D eigenvalue weighted by Gasteiger charge is 2.46. The zero-order chi connectivity index (χ0) is 52.3. The summed E-state index contributed by atoms with van der Waals surface area (Å²) in [4.78, 5) is 81.9. The van der Waals surface area contributed by atoms with Crippen LogP contribution in [0.2, 0.25) is 0 Å². The molecule has 4 aromatic rings. The Morgan fingerprint density at radius 1 is 0.813 bits per heavy atom. The predicted octanol–water partition coefficient (Wildman–Crippen LogP) is 2.72. The molecule has 6 amide bonds. The number of carbonyl (C=O) groups excluding carboxylic acids is 5. The number of likely N-dealkylation sites (tertiary alicyclic amines) is 1. The van der Waals surface area contributed by atoms with Crippen LogP contribution in [0.1, 0.15) is 57.7 Å². The fourth-order valence-electron chi connectivity index (χ4n) is 10.5. The summed E-state index contributed by atoms with van der Waals surface area (Å²) in [5.74, 6) is -1.42. The summed E-state index contributed by atoms with van der Waals surface area (Å²) in [6, 6.07) is 20.4. The molecule has 0 spiro atoms. The van der Waals surface area contributed by atoms with Crippen LogP contribution in [0.3, 0.4) is 0 Å². The van der Waals surface area contributed by atoms with E-state index in [1.807, 2.05) is 0 Å². The number of fused-ring (bicyclic) bond motifs is 3. The molecular formula is C53H65N11O11. The molecule has 0 radical (unpaired) electrons. The fraction of sp³-hybridized carbons (Fsp3) is 0.509. The minimum atomic E-state index is -1.03. The molecular weight excluding hydrogens is 967 g/mol. The van der Waals surface area contributed by atoms with Gasteiger partial charge in [0.25, 0.3) is 11.8 Å². The SMILES string of the molecule is CN1C[C@H](OCCOCCOCCOCCOCCNc2cccc3c2C(=O)N(C2CCC(=O)NC2=O)C3=O)C[C@H]1COc1nc2c(c(N3CCN(C(N)=O)[C@@H](CC#N)C3)n1)CCN(c1cccc3ccccc13)C2. The Labute approximate surface area is 435 Å². The Kier molecular flexibility index (Phi) is 17.6. The molecule has 3 aromatic carbocycles. The molecule has 5 aliphatic heterocycles. The van der Waals surface area contributed by atoms with Gasteiger partial charge in [-0.1, -0.05) is 42.5 Å². The molecule has 1 unspecified atom stereocenters. The zero-order valence-electron chi connectivity index (χ0n) is 42.3. The number of likely N-dealkylation sites (N-methyl/N-ethyl adjacent to an activating group) is 1. The number of hydrogen-bond acceptors (Lipinski definition) is 18. The van der Waals surface area contributed by atoms with Crippen LogP contribution >= 0.6 is 0 Å². The van der Waals surface area contributed by atoms with Gasteiger partial charge in [0.1, 0.15) is 18.5 Å². The van der Waals surface area contributed by atoms with Crippen LogP contribution in [0, 0.1) is 11.3 Å². The van der Waals surface area contributed by atoms with Gasteiger partial charge in [0, 0.05) is 74.1 Å². The molecule has 5 aliphatic rings. The summed E-state index contributed by atoms with van der Waals surface area (Å²) in [5.41, 5.74) is 9.69. The fourth-order valence-corrected chi connectivity index (χ4v) is 10.5. The third-order valence-corrected chi connectivity index (χ3v) is 14.3. The highest BCUT2D eigenvalue weighted by Crippen LogP contribution is 2.36. The summed E-state index contributed by atoms with van der Waals surface area (Å²) in [5, 5.41) is 17.3. The number of urea groups is 1. The van der Waals surface area contributed by atoms with Crippen molar-refractivity contribution in [1.82, 2.24) is 30.0 Å². The monoisotopic (exact) mass is 1030 g/mol. The minimum absolute atomic E-state index is 0.0100. The first kappa shape index (κ1) is 52.8. The van der Waals surface area contributed by atoms with Gasteiger partial charge in [-0.3, -0.25) is 34.3 Å². The van der Waals surface area contributed by atoms with Crippen LogP contribution in [0.5, 0.6) is 6.01 Å². The first-order valence-corrected chi connectivity index (χ1v) is 25.7. The molecule has 1 aromatic heterocycles. The lowest BCUT2D eigenvalue weighted by atomic mass is 10.0. The molecule has 398 valence electrons. The van der Waals surface area contributed by atoms with Crippen molar-refractivity contribution in [3.63, 3.8) is 0 Å². The standard InChI is InChI=1S/C53H65N11O11/c1-60-32-38(74-29-28-73-27-26-72-25-24-71-23-22-70-21-17-56-42-10-5-9-41-47(42)51(68)64(50(41)67)45-12-13-46(65)58-49(45)66)30-37(60)34-75-53-57-43-33-61(44-11-4-7-35-6-2-3-8-39(35)44)18-15-40(43)48(59-53)62-19-20-63(52(55)69)36(31-62)14-16-54/h2-11,36-38,45,56H,12-15,17-34H2,1H3,(H2,55,69)(H,58,65,66)/t36-,37-,38+,45?/m0/s1. The second-order valence-electron chi connectivity index (χ2n) is 19.1. The van der Waals surface area contributed by atoms with Crippen molar-refractivity contribution in [3.8, 4) is 12.1 Å². The molecule has 4 N–H and O–H groups in total. The van der Waals surface area contributed by atoms with E-state index in [-0.39, 0.29) is 48.6 Å². The maximum absolute atomic E-state index is 13.3. The summed E-state index contributed by atoms with van der Waals surface area (Å²) in [6.07, 6.45) is 1.82. The highest BCUT2D eigenvalue weighted by molar-refractivity contribution is 6.25. The van der Waals surface area contributed by atoms with Gasteiger partial charge >= 0.3 is 12.0 Å². The van der Waals surface area contributed by atoms with Crippen LogP contribution in [0.25, 0.3) is 10.8 Å². The molecule has 4 atom stereocenters. The lowest BCUT2D eigenvalue weighted by Gasteiger charge is -2.41. The van der Waals surface area contributed by atoms with Crippen molar-refractivity contribution in [2.75, 3.05) is 128 Å². The van der Waals surface area contributed by atoms with Crippen LogP contribution in [0.4, 0.5) is 22.0 Å². The highest BCUT2D eigenvalue weighted by atomic mass is 16.6. The first-order valence-electron chi connectivity index (χ1n) is 25.7. The third kappa shape index (κ3) is 12.6. The molecule has 0 saturated carbocycles. The summed E-state index contributed by atoms with van der Waals surface area (Å²) in [6.45, 7) is 7.73. The number of primary amides is 1. The quantitative estimate of drug-likeness (QED) is 0.0674. The van der Waals surface area contributed by atoms with Crippen LogP contribution in [-0.4, -0.2) is 191 Å². The Balaban J connectivity index is 0.650. The average molecular weight is 1030 g/mol. The number of piperidine rings is 1. The number of piperazine rings is 1. The van der Waals surface area contributed by atoms with E-state index in [1.54, 1.807) is 23.1 Å². The third-order valence-electron chi connectivity index (χ3n) is 14.3. The van der Waals surface area contributed by atoms with E-state index in [1.165, 1.54) is 10.8 Å². The van der Waals surface area contributed by atoms with Gasteiger partial charge in [0.2, 0.25) is 11.8 Å². The number of nitrogens with zero attached hydrogens (tertiary/aromatic N) is 8. The number of amides is 6. The maximum Gasteiger partial charge on any atom is 0.318 e. The Bertz CT molecular complexity index is 2750. The number of rotatable bonds is 24. The molecule has 3 saturated heterocycles. The van der Waals surface area contributed by atoms with Crippen molar-refractivity contribution in [2.24, 2.45) is 5.73 Å². The summed E-state index contributed by atoms with van der Waals surface area (Å²) in [7, 11) is 2.06. The lowest BCUT2D eigenvalue weighted by molar-refractivity contribution is -0.136. The Hall–Kier alpha value is -7.00. The van der Waals surface area contributed by atoms with Crippen molar-refractivity contribution < 1.29 is 52.4 Å².